The van der Waals surface area contributed by atoms with E-state index in [2.05, 4.69) is 39.7 Å². The van der Waals surface area contributed by atoms with Gasteiger partial charge in [0.15, 0.2) is 5.82 Å². The van der Waals surface area contributed by atoms with Gasteiger partial charge in [-0.25, -0.2) is 9.97 Å². The molecule has 0 aliphatic heterocycles. The SMILES string of the molecule is CCOC1(c2nc(C)c(Br)c(Cl)n2)CCC(C)(C)CC1. The van der Waals surface area contributed by atoms with E-state index in [1.165, 1.54) is 0 Å². The van der Waals surface area contributed by atoms with Crippen molar-refractivity contribution in [2.45, 2.75) is 59.0 Å². The van der Waals surface area contributed by atoms with Crippen molar-refractivity contribution in [3.05, 3.63) is 21.1 Å². The van der Waals surface area contributed by atoms with Crippen LogP contribution in [0.15, 0.2) is 4.47 Å². The summed E-state index contributed by atoms with van der Waals surface area (Å²) in [4.78, 5) is 9.11. The van der Waals surface area contributed by atoms with Crippen LogP contribution in [0.2, 0.25) is 5.15 Å². The smallest absolute Gasteiger partial charge is 0.162 e. The van der Waals surface area contributed by atoms with Gasteiger partial charge in [-0.1, -0.05) is 25.4 Å². The topological polar surface area (TPSA) is 35.0 Å². The molecule has 0 atom stereocenters. The number of aryl methyl sites for hydroxylation is 1. The molecule has 0 radical (unpaired) electrons. The van der Waals surface area contributed by atoms with E-state index >= 15 is 0 Å². The average molecular weight is 362 g/mol. The van der Waals surface area contributed by atoms with E-state index < -0.39 is 0 Å². The Morgan fingerprint density at radius 3 is 2.30 bits per heavy atom. The van der Waals surface area contributed by atoms with Crippen LogP contribution in [0.5, 0.6) is 0 Å². The molecule has 5 heteroatoms. The second-order valence-corrected chi connectivity index (χ2v) is 7.48. The van der Waals surface area contributed by atoms with Crippen LogP contribution in [0.1, 0.15) is 58.0 Å². The van der Waals surface area contributed by atoms with Gasteiger partial charge in [-0.15, -0.1) is 0 Å². The highest BCUT2D eigenvalue weighted by molar-refractivity contribution is 9.10. The van der Waals surface area contributed by atoms with Crippen LogP contribution in [0.4, 0.5) is 0 Å². The molecule has 1 heterocycles. The van der Waals surface area contributed by atoms with Gasteiger partial charge in [0, 0.05) is 6.61 Å². The predicted octanol–water partition coefficient (Wildman–Crippen LogP) is 5.03. The van der Waals surface area contributed by atoms with E-state index in [-0.39, 0.29) is 5.60 Å². The van der Waals surface area contributed by atoms with Crippen molar-refractivity contribution < 1.29 is 4.74 Å². The number of nitrogens with zero attached hydrogens (tertiary/aromatic N) is 2. The van der Waals surface area contributed by atoms with Crippen LogP contribution in [0, 0.1) is 12.3 Å². The van der Waals surface area contributed by atoms with Crippen molar-refractivity contribution >= 4 is 27.5 Å². The van der Waals surface area contributed by atoms with Gasteiger partial charge < -0.3 is 4.74 Å². The third-order valence-corrected chi connectivity index (χ3v) is 5.67. The fourth-order valence-corrected chi connectivity index (χ4v) is 3.16. The highest BCUT2D eigenvalue weighted by Gasteiger charge is 2.43. The largest absolute Gasteiger partial charge is 0.367 e. The van der Waals surface area contributed by atoms with Gasteiger partial charge in [0.1, 0.15) is 10.8 Å². The molecule has 1 aromatic rings. The summed E-state index contributed by atoms with van der Waals surface area (Å²) in [5.74, 6) is 0.737. The van der Waals surface area contributed by atoms with Crippen molar-refractivity contribution in [2.75, 3.05) is 6.61 Å². The Balaban J connectivity index is 2.39. The quantitative estimate of drug-likeness (QED) is 0.708. The van der Waals surface area contributed by atoms with E-state index in [0.29, 0.717) is 17.2 Å². The molecule has 1 fully saturated rings. The average Bonchev–Trinajstić information content (AvgIpc) is 2.38. The zero-order valence-corrected chi connectivity index (χ0v) is 14.9. The number of halogens is 2. The van der Waals surface area contributed by atoms with Gasteiger partial charge in [-0.3, -0.25) is 0 Å². The molecule has 1 saturated carbocycles. The van der Waals surface area contributed by atoms with Crippen molar-refractivity contribution in [1.82, 2.24) is 9.97 Å². The Bertz CT molecular complexity index is 472. The summed E-state index contributed by atoms with van der Waals surface area (Å²) < 4.78 is 6.87. The first-order valence-corrected chi connectivity index (χ1v) is 8.31. The van der Waals surface area contributed by atoms with E-state index in [1.807, 2.05) is 13.8 Å². The molecule has 0 saturated heterocycles. The zero-order valence-electron chi connectivity index (χ0n) is 12.6. The number of hydrogen-bond acceptors (Lipinski definition) is 3. The maximum absolute atomic E-state index is 6.20. The summed E-state index contributed by atoms with van der Waals surface area (Å²) in [6, 6.07) is 0. The third kappa shape index (κ3) is 3.18. The minimum Gasteiger partial charge on any atom is -0.367 e. The molecule has 3 nitrogen and oxygen atoms in total. The fraction of sp³-hybridized carbons (Fsp3) is 0.733. The maximum atomic E-state index is 6.20. The first-order chi connectivity index (χ1) is 9.30. The summed E-state index contributed by atoms with van der Waals surface area (Å²) >= 11 is 9.62. The highest BCUT2D eigenvalue weighted by Crippen LogP contribution is 2.46. The van der Waals surface area contributed by atoms with E-state index in [4.69, 9.17) is 16.3 Å². The van der Waals surface area contributed by atoms with Crippen LogP contribution < -0.4 is 0 Å². The molecule has 112 valence electrons. The van der Waals surface area contributed by atoms with Crippen LogP contribution in [0.25, 0.3) is 0 Å². The zero-order chi connectivity index (χ0) is 15.0. The summed E-state index contributed by atoms with van der Waals surface area (Å²) in [5.41, 5.74) is 0.859. The molecular formula is C15H22BrClN2O. The molecule has 2 rings (SSSR count). The Labute approximate surface area is 134 Å². The van der Waals surface area contributed by atoms with E-state index in [0.717, 1.165) is 41.7 Å². The minimum absolute atomic E-state index is 0.370. The van der Waals surface area contributed by atoms with Gasteiger partial charge in [0.2, 0.25) is 0 Å². The number of ether oxygens (including phenoxy) is 1. The second-order valence-electron chi connectivity index (χ2n) is 6.33. The standard InChI is InChI=1S/C15H22BrClN2O/c1-5-20-15(8-6-14(3,4)7-9-15)13-18-10(2)11(16)12(17)19-13/h5-9H2,1-4H3. The van der Waals surface area contributed by atoms with Crippen LogP contribution in [-0.2, 0) is 10.3 Å². The Kier molecular flexibility index (Phi) is 4.77. The second kappa shape index (κ2) is 5.90. The molecule has 0 spiro atoms. The van der Waals surface area contributed by atoms with Gasteiger partial charge in [0.05, 0.1) is 10.2 Å². The lowest BCUT2D eigenvalue weighted by molar-refractivity contribution is -0.0949. The van der Waals surface area contributed by atoms with E-state index in [9.17, 15) is 0 Å². The fourth-order valence-electron chi connectivity index (χ4n) is 2.77. The van der Waals surface area contributed by atoms with Crippen LogP contribution in [0.3, 0.4) is 0 Å². The van der Waals surface area contributed by atoms with Crippen molar-refractivity contribution in [2.24, 2.45) is 5.41 Å². The lowest BCUT2D eigenvalue weighted by Crippen LogP contribution is -2.39. The Morgan fingerprint density at radius 1 is 1.20 bits per heavy atom. The molecule has 1 aliphatic carbocycles. The third-order valence-electron chi connectivity index (χ3n) is 4.22. The monoisotopic (exact) mass is 360 g/mol. The molecule has 0 unspecified atom stereocenters. The lowest BCUT2D eigenvalue weighted by Gasteiger charge is -2.42. The van der Waals surface area contributed by atoms with Gasteiger partial charge >= 0.3 is 0 Å². The normalized spacial score (nSPS) is 20.9. The van der Waals surface area contributed by atoms with Crippen LogP contribution >= 0.6 is 27.5 Å². The molecule has 0 amide bonds. The summed E-state index contributed by atoms with van der Waals surface area (Å²) in [7, 11) is 0. The number of rotatable bonds is 3. The van der Waals surface area contributed by atoms with Gasteiger partial charge in [-0.05, 0) is 60.9 Å². The van der Waals surface area contributed by atoms with Gasteiger partial charge in [-0.2, -0.15) is 0 Å². The Morgan fingerprint density at radius 2 is 1.80 bits per heavy atom. The van der Waals surface area contributed by atoms with Crippen molar-refractivity contribution in [3.8, 4) is 0 Å². The minimum atomic E-state index is -0.376. The summed E-state index contributed by atoms with van der Waals surface area (Å²) in [6.45, 7) is 9.24. The molecule has 0 bridgehead atoms. The molecular weight excluding hydrogens is 340 g/mol. The summed E-state index contributed by atoms with van der Waals surface area (Å²) in [6.07, 6.45) is 4.13. The first-order valence-electron chi connectivity index (χ1n) is 7.14. The number of hydrogen-bond donors (Lipinski definition) is 0. The van der Waals surface area contributed by atoms with E-state index in [1.54, 1.807) is 0 Å². The predicted molar refractivity (Wildman–Crippen MR) is 85.0 cm³/mol. The molecule has 1 aromatic heterocycles. The number of aromatic nitrogens is 2. The highest BCUT2D eigenvalue weighted by atomic mass is 79.9. The van der Waals surface area contributed by atoms with Crippen molar-refractivity contribution in [1.29, 1.82) is 0 Å². The first kappa shape index (κ1) is 16.2. The summed E-state index contributed by atoms with van der Waals surface area (Å²) in [5, 5.41) is 0.469. The van der Waals surface area contributed by atoms with Crippen molar-refractivity contribution in [3.63, 3.8) is 0 Å². The maximum Gasteiger partial charge on any atom is 0.162 e. The van der Waals surface area contributed by atoms with Gasteiger partial charge in [0.25, 0.3) is 0 Å². The van der Waals surface area contributed by atoms with Crippen LogP contribution in [-0.4, -0.2) is 16.6 Å². The molecule has 1 aliphatic rings. The molecule has 20 heavy (non-hydrogen) atoms. The molecule has 0 aromatic carbocycles. The lowest BCUT2D eigenvalue weighted by atomic mass is 9.70. The Hall–Kier alpha value is -0.190. The molecule has 0 N–H and O–H groups in total.